The zero-order chi connectivity index (χ0) is 15.8. The molecule has 0 aliphatic carbocycles. The van der Waals surface area contributed by atoms with Crippen molar-refractivity contribution in [1.82, 2.24) is 14.1 Å². The van der Waals surface area contributed by atoms with Gasteiger partial charge in [-0.2, -0.15) is 9.40 Å². The van der Waals surface area contributed by atoms with Crippen molar-refractivity contribution in [2.24, 2.45) is 0 Å². The van der Waals surface area contributed by atoms with E-state index < -0.39 is 16.0 Å². The van der Waals surface area contributed by atoms with E-state index in [4.69, 9.17) is 9.84 Å². The van der Waals surface area contributed by atoms with Gasteiger partial charge in [-0.25, -0.2) is 8.42 Å². The second-order valence-electron chi connectivity index (χ2n) is 5.06. The van der Waals surface area contributed by atoms with E-state index in [9.17, 15) is 13.2 Å². The molecule has 1 saturated heterocycles. The second kappa shape index (κ2) is 5.74. The van der Waals surface area contributed by atoms with Crippen LogP contribution in [0.25, 0.3) is 0 Å². The average Bonchev–Trinajstić information content (AvgIpc) is 2.95. The van der Waals surface area contributed by atoms with Crippen molar-refractivity contribution in [3.05, 3.63) is 11.4 Å². The molecule has 1 aliphatic heterocycles. The highest BCUT2D eigenvalue weighted by atomic mass is 32.2. The number of sulfonamides is 1. The van der Waals surface area contributed by atoms with Crippen molar-refractivity contribution in [2.75, 3.05) is 20.2 Å². The summed E-state index contributed by atoms with van der Waals surface area (Å²) >= 11 is 0. The highest BCUT2D eigenvalue weighted by molar-refractivity contribution is 7.89. The first kappa shape index (κ1) is 15.9. The summed E-state index contributed by atoms with van der Waals surface area (Å²) in [5, 5.41) is 12.9. The maximum Gasteiger partial charge on any atom is 0.325 e. The van der Waals surface area contributed by atoms with Gasteiger partial charge in [0.25, 0.3) is 0 Å². The van der Waals surface area contributed by atoms with Gasteiger partial charge in [0.1, 0.15) is 11.4 Å². The van der Waals surface area contributed by atoms with Gasteiger partial charge in [-0.1, -0.05) is 0 Å². The number of hydrogen-bond acceptors (Lipinski definition) is 5. The number of carboxylic acid groups (broad SMARTS) is 1. The first-order valence-electron chi connectivity index (χ1n) is 6.56. The van der Waals surface area contributed by atoms with Gasteiger partial charge in [-0.05, 0) is 20.3 Å². The van der Waals surface area contributed by atoms with E-state index in [1.807, 2.05) is 0 Å². The fraction of sp³-hybridized carbons (Fsp3) is 0.667. The van der Waals surface area contributed by atoms with Gasteiger partial charge in [0, 0.05) is 20.2 Å². The zero-order valence-corrected chi connectivity index (χ0v) is 13.1. The van der Waals surface area contributed by atoms with Crippen molar-refractivity contribution >= 4 is 16.0 Å². The van der Waals surface area contributed by atoms with Crippen molar-refractivity contribution in [1.29, 1.82) is 0 Å². The number of carboxylic acids is 1. The van der Waals surface area contributed by atoms with Gasteiger partial charge in [0.15, 0.2) is 0 Å². The molecule has 1 aromatic heterocycles. The largest absolute Gasteiger partial charge is 0.480 e. The van der Waals surface area contributed by atoms with Crippen molar-refractivity contribution < 1.29 is 23.1 Å². The van der Waals surface area contributed by atoms with E-state index in [0.717, 1.165) is 0 Å². The Labute approximate surface area is 123 Å². The van der Waals surface area contributed by atoms with E-state index >= 15 is 0 Å². The van der Waals surface area contributed by atoms with E-state index in [-0.39, 0.29) is 17.5 Å². The first-order valence-corrected chi connectivity index (χ1v) is 8.00. The summed E-state index contributed by atoms with van der Waals surface area (Å²) in [5.74, 6) is -1.06. The maximum absolute atomic E-state index is 12.7. The van der Waals surface area contributed by atoms with Crippen LogP contribution in [0.2, 0.25) is 0 Å². The molecule has 0 amide bonds. The molecule has 0 bridgehead atoms. The quantitative estimate of drug-likeness (QED) is 0.820. The molecule has 118 valence electrons. The van der Waals surface area contributed by atoms with Crippen LogP contribution in [0.4, 0.5) is 0 Å². The van der Waals surface area contributed by atoms with Crippen molar-refractivity contribution in [3.63, 3.8) is 0 Å². The molecule has 0 radical (unpaired) electrons. The summed E-state index contributed by atoms with van der Waals surface area (Å²) in [4.78, 5) is 10.9. The number of ether oxygens (including phenoxy) is 1. The summed E-state index contributed by atoms with van der Waals surface area (Å²) in [7, 11) is -2.12. The topological polar surface area (TPSA) is 102 Å². The highest BCUT2D eigenvalue weighted by Crippen LogP contribution is 2.27. The number of rotatable bonds is 5. The van der Waals surface area contributed by atoms with Gasteiger partial charge in [-0.15, -0.1) is 0 Å². The number of hydrogen-bond donors (Lipinski definition) is 1. The molecule has 1 aliphatic rings. The molecule has 8 nitrogen and oxygen atoms in total. The Morgan fingerprint density at radius 2 is 2.14 bits per heavy atom. The molecule has 1 N–H and O–H groups in total. The number of methoxy groups -OCH3 is 1. The molecular formula is C12H19N3O5S. The van der Waals surface area contributed by atoms with E-state index in [0.29, 0.717) is 30.9 Å². The van der Waals surface area contributed by atoms with Crippen LogP contribution < -0.4 is 0 Å². The lowest BCUT2D eigenvalue weighted by Crippen LogP contribution is -2.30. The van der Waals surface area contributed by atoms with Crippen LogP contribution in [0.15, 0.2) is 4.90 Å². The molecule has 1 fully saturated rings. The van der Waals surface area contributed by atoms with Crippen molar-refractivity contribution in [2.45, 2.75) is 37.8 Å². The Kier molecular flexibility index (Phi) is 4.35. The fourth-order valence-electron chi connectivity index (χ4n) is 2.57. The number of nitrogens with zero attached hydrogens (tertiary/aromatic N) is 3. The van der Waals surface area contributed by atoms with Crippen LogP contribution in [0.1, 0.15) is 17.8 Å². The monoisotopic (exact) mass is 317 g/mol. The van der Waals surface area contributed by atoms with Gasteiger partial charge < -0.3 is 9.84 Å². The molecule has 21 heavy (non-hydrogen) atoms. The average molecular weight is 317 g/mol. The second-order valence-corrected chi connectivity index (χ2v) is 6.94. The summed E-state index contributed by atoms with van der Waals surface area (Å²) in [6.07, 6.45) is 0.548. The van der Waals surface area contributed by atoms with Gasteiger partial charge in [-0.3, -0.25) is 9.48 Å². The minimum Gasteiger partial charge on any atom is -0.480 e. The molecule has 0 aromatic carbocycles. The SMILES string of the molecule is COC1CCN(S(=O)(=O)c2c(C)nn(CC(=O)O)c2C)C1. The fourth-order valence-corrected chi connectivity index (χ4v) is 4.43. The molecule has 9 heteroatoms. The van der Waals surface area contributed by atoms with Gasteiger partial charge in [0.05, 0.1) is 17.5 Å². The predicted molar refractivity (Wildman–Crippen MR) is 73.5 cm³/mol. The maximum atomic E-state index is 12.7. The number of aromatic nitrogens is 2. The minimum atomic E-state index is -3.68. The normalized spacial score (nSPS) is 20.0. The highest BCUT2D eigenvalue weighted by Gasteiger charge is 2.36. The Bertz CT molecular complexity index is 652. The third-order valence-corrected chi connectivity index (χ3v) is 5.76. The Morgan fingerprint density at radius 3 is 2.67 bits per heavy atom. The smallest absolute Gasteiger partial charge is 0.325 e. The van der Waals surface area contributed by atoms with Crippen LogP contribution in [0.5, 0.6) is 0 Å². The van der Waals surface area contributed by atoms with Crippen LogP contribution in [0, 0.1) is 13.8 Å². The van der Waals surface area contributed by atoms with Crippen LogP contribution in [0.3, 0.4) is 0 Å². The summed E-state index contributed by atoms with van der Waals surface area (Å²) in [6.45, 7) is 3.48. The molecule has 1 unspecified atom stereocenters. The van der Waals surface area contributed by atoms with E-state index in [2.05, 4.69) is 5.10 Å². The summed E-state index contributed by atoms with van der Waals surface area (Å²) in [5.41, 5.74) is 0.658. The lowest BCUT2D eigenvalue weighted by molar-refractivity contribution is -0.137. The standard InChI is InChI=1S/C12H19N3O5S/c1-8-12(9(2)15(13-8)7-11(16)17)21(18,19)14-5-4-10(6-14)20-3/h10H,4-7H2,1-3H3,(H,16,17). The molecular weight excluding hydrogens is 298 g/mol. The molecule has 0 saturated carbocycles. The molecule has 2 rings (SSSR count). The van der Waals surface area contributed by atoms with Crippen LogP contribution >= 0.6 is 0 Å². The van der Waals surface area contributed by atoms with E-state index in [1.165, 1.54) is 8.99 Å². The number of carbonyl (C=O) groups is 1. The molecule has 1 aromatic rings. The Balaban J connectivity index is 2.37. The Morgan fingerprint density at radius 1 is 1.48 bits per heavy atom. The molecule has 0 spiro atoms. The van der Waals surface area contributed by atoms with E-state index in [1.54, 1.807) is 21.0 Å². The van der Waals surface area contributed by atoms with Gasteiger partial charge >= 0.3 is 5.97 Å². The molecule has 1 atom stereocenters. The predicted octanol–water partition coefficient (Wildman–Crippen LogP) is -0.00606. The summed E-state index contributed by atoms with van der Waals surface area (Å²) < 4.78 is 33.2. The van der Waals surface area contributed by atoms with Gasteiger partial charge in [0.2, 0.25) is 10.0 Å². The summed E-state index contributed by atoms with van der Waals surface area (Å²) in [6, 6.07) is 0. The minimum absolute atomic E-state index is 0.0977. The van der Waals surface area contributed by atoms with Crippen molar-refractivity contribution in [3.8, 4) is 0 Å². The van der Waals surface area contributed by atoms with Crippen LogP contribution in [-0.2, 0) is 26.1 Å². The number of aliphatic carboxylic acids is 1. The third kappa shape index (κ3) is 2.94. The Hall–Kier alpha value is -1.45. The number of aryl methyl sites for hydroxylation is 1. The third-order valence-electron chi connectivity index (χ3n) is 3.64. The molecule has 2 heterocycles. The first-order chi connectivity index (χ1) is 9.77. The zero-order valence-electron chi connectivity index (χ0n) is 12.2. The van der Waals surface area contributed by atoms with Crippen LogP contribution in [-0.4, -0.2) is 59.9 Å². The lowest BCUT2D eigenvalue weighted by Gasteiger charge is -2.16. The lowest BCUT2D eigenvalue weighted by atomic mass is 10.3.